The van der Waals surface area contributed by atoms with Gasteiger partial charge < -0.3 is 4.74 Å². The zero-order valence-electron chi connectivity index (χ0n) is 7.40. The van der Waals surface area contributed by atoms with Crippen molar-refractivity contribution in [2.75, 3.05) is 0 Å². The van der Waals surface area contributed by atoms with Crippen molar-refractivity contribution in [3.8, 4) is 5.88 Å². The molecule has 14 heavy (non-hydrogen) atoms. The molecule has 0 radical (unpaired) electrons. The first-order valence-corrected chi connectivity index (χ1v) is 5.00. The minimum Gasteiger partial charge on any atom is -0.473 e. The molecule has 0 atom stereocenters. The van der Waals surface area contributed by atoms with Crippen LogP contribution in [0.5, 0.6) is 5.88 Å². The fraction of sp³-hybridized carbons (Fsp3) is 0.100. The number of aromatic amines is 1. The lowest BCUT2D eigenvalue weighted by Gasteiger charge is -2.02. The zero-order valence-corrected chi connectivity index (χ0v) is 8.99. The highest BCUT2D eigenvalue weighted by Crippen LogP contribution is 2.12. The number of hydrogen-bond acceptors (Lipinski definition) is 2. The largest absolute Gasteiger partial charge is 0.473 e. The first-order chi connectivity index (χ1) is 6.84. The van der Waals surface area contributed by atoms with Crippen LogP contribution in [0.1, 0.15) is 5.56 Å². The van der Waals surface area contributed by atoms with E-state index in [-0.39, 0.29) is 0 Å². The topological polar surface area (TPSA) is 37.9 Å². The predicted molar refractivity (Wildman–Crippen MR) is 57.1 cm³/mol. The third kappa shape index (κ3) is 2.35. The molecule has 0 fully saturated rings. The number of halogens is 1. The second kappa shape index (κ2) is 4.28. The van der Waals surface area contributed by atoms with Gasteiger partial charge in [-0.2, -0.15) is 5.10 Å². The molecule has 4 heteroatoms. The Bertz CT molecular complexity index is 383. The van der Waals surface area contributed by atoms with Gasteiger partial charge in [-0.15, -0.1) is 0 Å². The molecule has 1 N–H and O–H groups in total. The fourth-order valence-corrected chi connectivity index (χ4v) is 1.33. The van der Waals surface area contributed by atoms with Crippen LogP contribution in [-0.4, -0.2) is 10.2 Å². The molecule has 2 rings (SSSR count). The summed E-state index contributed by atoms with van der Waals surface area (Å²) >= 11 is 3.38. The molecule has 2 aromatic rings. The van der Waals surface area contributed by atoms with E-state index in [0.717, 1.165) is 10.0 Å². The molecule has 1 heterocycles. The van der Waals surface area contributed by atoms with E-state index in [2.05, 4.69) is 26.1 Å². The second-order valence-electron chi connectivity index (χ2n) is 2.84. The number of H-pyrrole nitrogens is 1. The quantitative estimate of drug-likeness (QED) is 0.913. The Morgan fingerprint density at radius 2 is 2.00 bits per heavy atom. The maximum absolute atomic E-state index is 5.44. The molecular weight excluding hydrogens is 244 g/mol. The van der Waals surface area contributed by atoms with Gasteiger partial charge in [-0.3, -0.25) is 0 Å². The van der Waals surface area contributed by atoms with Gasteiger partial charge in [-0.05, 0) is 17.7 Å². The summed E-state index contributed by atoms with van der Waals surface area (Å²) in [6, 6.07) is 9.80. The van der Waals surface area contributed by atoms with Gasteiger partial charge >= 0.3 is 0 Å². The van der Waals surface area contributed by atoms with E-state index in [1.807, 2.05) is 24.3 Å². The van der Waals surface area contributed by atoms with Crippen molar-refractivity contribution in [2.24, 2.45) is 0 Å². The molecule has 0 aliphatic heterocycles. The van der Waals surface area contributed by atoms with Crippen LogP contribution in [0.25, 0.3) is 0 Å². The molecule has 0 amide bonds. The summed E-state index contributed by atoms with van der Waals surface area (Å²) < 4.78 is 6.51. The smallest absolute Gasteiger partial charge is 0.209 e. The summed E-state index contributed by atoms with van der Waals surface area (Å²) in [6.07, 6.45) is 1.66. The van der Waals surface area contributed by atoms with Crippen molar-refractivity contribution in [1.82, 2.24) is 10.2 Å². The predicted octanol–water partition coefficient (Wildman–Crippen LogP) is 2.75. The number of nitrogens with zero attached hydrogens (tertiary/aromatic N) is 1. The third-order valence-corrected chi connectivity index (χ3v) is 2.31. The Balaban J connectivity index is 1.95. The van der Waals surface area contributed by atoms with Crippen LogP contribution in [0.4, 0.5) is 0 Å². The van der Waals surface area contributed by atoms with Crippen LogP contribution in [0.2, 0.25) is 0 Å². The van der Waals surface area contributed by atoms with Gasteiger partial charge in [0.1, 0.15) is 6.61 Å². The molecule has 0 spiro atoms. The Morgan fingerprint density at radius 3 is 2.64 bits per heavy atom. The summed E-state index contributed by atoms with van der Waals surface area (Å²) in [6.45, 7) is 0.551. The molecule has 0 saturated heterocycles. The number of benzene rings is 1. The summed E-state index contributed by atoms with van der Waals surface area (Å²) in [5, 5.41) is 6.53. The highest BCUT2D eigenvalue weighted by atomic mass is 79.9. The van der Waals surface area contributed by atoms with Crippen molar-refractivity contribution >= 4 is 15.9 Å². The summed E-state index contributed by atoms with van der Waals surface area (Å²) in [4.78, 5) is 0. The highest BCUT2D eigenvalue weighted by Gasteiger charge is 1.95. The first-order valence-electron chi connectivity index (χ1n) is 4.21. The van der Waals surface area contributed by atoms with Crippen LogP contribution in [0.3, 0.4) is 0 Å². The van der Waals surface area contributed by atoms with Crippen molar-refractivity contribution in [3.63, 3.8) is 0 Å². The zero-order chi connectivity index (χ0) is 9.80. The van der Waals surface area contributed by atoms with E-state index < -0.39 is 0 Å². The van der Waals surface area contributed by atoms with E-state index in [1.54, 1.807) is 12.3 Å². The molecule has 0 aliphatic rings. The van der Waals surface area contributed by atoms with Crippen LogP contribution >= 0.6 is 15.9 Å². The Hall–Kier alpha value is -1.29. The van der Waals surface area contributed by atoms with Crippen LogP contribution < -0.4 is 4.74 Å². The SMILES string of the molecule is Brc1ccc(COc2ccn[nH]2)cc1. The number of rotatable bonds is 3. The lowest BCUT2D eigenvalue weighted by molar-refractivity contribution is 0.293. The lowest BCUT2D eigenvalue weighted by Crippen LogP contribution is -1.95. The highest BCUT2D eigenvalue weighted by molar-refractivity contribution is 9.10. The molecule has 0 saturated carbocycles. The first kappa shape index (κ1) is 9.27. The Morgan fingerprint density at radius 1 is 1.21 bits per heavy atom. The van der Waals surface area contributed by atoms with Crippen molar-refractivity contribution < 1.29 is 4.74 Å². The average molecular weight is 253 g/mol. The van der Waals surface area contributed by atoms with E-state index in [9.17, 15) is 0 Å². The molecule has 0 unspecified atom stereocenters. The summed E-state index contributed by atoms with van der Waals surface area (Å²) in [7, 11) is 0. The molecule has 1 aromatic carbocycles. The average Bonchev–Trinajstić information content (AvgIpc) is 2.70. The van der Waals surface area contributed by atoms with Crippen molar-refractivity contribution in [3.05, 3.63) is 46.6 Å². The molecule has 3 nitrogen and oxygen atoms in total. The number of hydrogen-bond donors (Lipinski definition) is 1. The summed E-state index contributed by atoms with van der Waals surface area (Å²) in [5.74, 6) is 0.688. The summed E-state index contributed by atoms with van der Waals surface area (Å²) in [5.41, 5.74) is 1.13. The maximum atomic E-state index is 5.44. The van der Waals surface area contributed by atoms with Crippen LogP contribution in [-0.2, 0) is 6.61 Å². The van der Waals surface area contributed by atoms with E-state index in [1.165, 1.54) is 0 Å². The van der Waals surface area contributed by atoms with Crippen LogP contribution in [0.15, 0.2) is 41.0 Å². The number of aromatic nitrogens is 2. The molecule has 0 aliphatic carbocycles. The lowest BCUT2D eigenvalue weighted by atomic mass is 10.2. The number of nitrogens with one attached hydrogen (secondary N) is 1. The van der Waals surface area contributed by atoms with Crippen molar-refractivity contribution in [1.29, 1.82) is 0 Å². The third-order valence-electron chi connectivity index (χ3n) is 1.78. The molecule has 0 bridgehead atoms. The van der Waals surface area contributed by atoms with Gasteiger partial charge in [0.15, 0.2) is 0 Å². The van der Waals surface area contributed by atoms with Crippen LogP contribution in [0, 0.1) is 0 Å². The van der Waals surface area contributed by atoms with Gasteiger partial charge in [-0.1, -0.05) is 28.1 Å². The van der Waals surface area contributed by atoms with E-state index >= 15 is 0 Å². The minimum absolute atomic E-state index is 0.551. The normalized spacial score (nSPS) is 10.1. The number of ether oxygens (including phenoxy) is 1. The Kier molecular flexibility index (Phi) is 2.84. The minimum atomic E-state index is 0.551. The standard InChI is InChI=1S/C10H9BrN2O/c11-9-3-1-8(2-4-9)7-14-10-5-6-12-13-10/h1-6H,7H2,(H,12,13). The molecular formula is C10H9BrN2O. The monoisotopic (exact) mass is 252 g/mol. The van der Waals surface area contributed by atoms with E-state index in [4.69, 9.17) is 4.74 Å². The van der Waals surface area contributed by atoms with Gasteiger partial charge in [0.2, 0.25) is 5.88 Å². The van der Waals surface area contributed by atoms with E-state index in [0.29, 0.717) is 12.5 Å². The Labute approximate surface area is 90.2 Å². The van der Waals surface area contributed by atoms with Gasteiger partial charge in [-0.25, -0.2) is 5.10 Å². The molecule has 1 aromatic heterocycles. The van der Waals surface area contributed by atoms with Gasteiger partial charge in [0.05, 0.1) is 6.20 Å². The maximum Gasteiger partial charge on any atom is 0.209 e. The molecule has 72 valence electrons. The second-order valence-corrected chi connectivity index (χ2v) is 3.75. The van der Waals surface area contributed by atoms with Gasteiger partial charge in [0.25, 0.3) is 0 Å². The van der Waals surface area contributed by atoms with Crippen molar-refractivity contribution in [2.45, 2.75) is 6.61 Å². The fourth-order valence-electron chi connectivity index (χ4n) is 1.07. The van der Waals surface area contributed by atoms with Gasteiger partial charge in [0, 0.05) is 10.5 Å².